The first-order valence-electron chi connectivity index (χ1n) is 6.88. The molecule has 4 nitrogen and oxygen atoms in total. The van der Waals surface area contributed by atoms with E-state index < -0.39 is 0 Å². The van der Waals surface area contributed by atoms with E-state index in [1.807, 2.05) is 30.9 Å². The van der Waals surface area contributed by atoms with Crippen molar-refractivity contribution in [1.29, 1.82) is 0 Å². The molecule has 0 bridgehead atoms. The van der Waals surface area contributed by atoms with Crippen LogP contribution in [0.25, 0.3) is 0 Å². The summed E-state index contributed by atoms with van der Waals surface area (Å²) in [5, 5.41) is 7.21. The van der Waals surface area contributed by atoms with Crippen LogP contribution in [0, 0.1) is 5.82 Å². The van der Waals surface area contributed by atoms with Crippen LogP contribution < -0.4 is 10.2 Å². The molecular weight excluding hydrogens is 257 g/mol. The molecule has 0 aliphatic rings. The molecule has 1 heterocycles. The van der Waals surface area contributed by atoms with Gasteiger partial charge >= 0.3 is 0 Å². The highest BCUT2D eigenvalue weighted by Crippen LogP contribution is 2.18. The lowest BCUT2D eigenvalue weighted by atomic mass is 10.2. The Bertz CT molecular complexity index is 541. The van der Waals surface area contributed by atoms with Gasteiger partial charge in [-0.1, -0.05) is 18.1 Å². The zero-order valence-electron chi connectivity index (χ0n) is 11.9. The minimum atomic E-state index is -0.230. The zero-order chi connectivity index (χ0) is 14.4. The maximum absolute atomic E-state index is 13.3. The summed E-state index contributed by atoms with van der Waals surface area (Å²) in [4.78, 5) is 2.04. The fourth-order valence-corrected chi connectivity index (χ4v) is 2.01. The normalized spacial score (nSPS) is 10.8. The van der Waals surface area contributed by atoms with Gasteiger partial charge in [0.15, 0.2) is 5.76 Å². The highest BCUT2D eigenvalue weighted by atomic mass is 19.1. The molecule has 0 spiro atoms. The Labute approximate surface area is 118 Å². The fraction of sp³-hybridized carbons (Fsp3) is 0.400. The molecule has 0 aliphatic carbocycles. The third-order valence-corrected chi connectivity index (χ3v) is 3.07. The number of aromatic nitrogens is 1. The van der Waals surface area contributed by atoms with Crippen LogP contribution in [0.3, 0.4) is 0 Å². The Kier molecular flexibility index (Phi) is 5.12. The third-order valence-electron chi connectivity index (χ3n) is 3.07. The predicted octanol–water partition coefficient (Wildman–Crippen LogP) is 2.95. The van der Waals surface area contributed by atoms with Crippen molar-refractivity contribution in [3.05, 3.63) is 47.6 Å². The fourth-order valence-electron chi connectivity index (χ4n) is 2.01. The average Bonchev–Trinajstić information content (AvgIpc) is 2.90. The van der Waals surface area contributed by atoms with Gasteiger partial charge in [0.05, 0.1) is 12.2 Å². The predicted molar refractivity (Wildman–Crippen MR) is 77.0 cm³/mol. The Morgan fingerprint density at radius 3 is 2.85 bits per heavy atom. The molecule has 1 aromatic heterocycles. The molecule has 0 saturated carbocycles. The van der Waals surface area contributed by atoms with Crippen LogP contribution in [-0.4, -0.2) is 18.2 Å². The Hall–Kier alpha value is -1.88. The number of hydrogen-bond donors (Lipinski definition) is 1. The molecule has 0 unspecified atom stereocenters. The minimum Gasteiger partial charge on any atom is -0.364 e. The molecular formula is C15H20FN3O. The molecule has 108 valence electrons. The molecule has 1 N–H and O–H groups in total. The molecule has 2 rings (SSSR count). The first-order chi connectivity index (χ1) is 9.72. The molecule has 20 heavy (non-hydrogen) atoms. The Morgan fingerprint density at radius 2 is 2.15 bits per heavy atom. The molecule has 0 fully saturated rings. The number of rotatable bonds is 7. The second-order valence-electron chi connectivity index (χ2n) is 4.56. The maximum Gasteiger partial charge on any atom is 0.156 e. The number of hydrogen-bond acceptors (Lipinski definition) is 4. The Morgan fingerprint density at radius 1 is 1.30 bits per heavy atom. The lowest BCUT2D eigenvalue weighted by Gasteiger charge is -2.21. The average molecular weight is 277 g/mol. The van der Waals surface area contributed by atoms with Gasteiger partial charge in [-0.05, 0) is 31.7 Å². The standard InChI is InChI=1S/C15H20FN3O/c1-3-17-10-13-9-15(20-18-13)11-19(4-2)14-7-5-6-12(16)8-14/h5-9,17H,3-4,10-11H2,1-2H3. The lowest BCUT2D eigenvalue weighted by Crippen LogP contribution is -2.21. The summed E-state index contributed by atoms with van der Waals surface area (Å²) in [5.41, 5.74) is 1.73. The van der Waals surface area contributed by atoms with Crippen molar-refractivity contribution >= 4 is 5.69 Å². The summed E-state index contributed by atoms with van der Waals surface area (Å²) in [6, 6.07) is 8.51. The molecule has 0 amide bonds. The van der Waals surface area contributed by atoms with E-state index in [-0.39, 0.29) is 5.82 Å². The van der Waals surface area contributed by atoms with Crippen LogP contribution in [0.1, 0.15) is 25.3 Å². The lowest BCUT2D eigenvalue weighted by molar-refractivity contribution is 0.374. The first kappa shape index (κ1) is 14.5. The first-order valence-corrected chi connectivity index (χ1v) is 6.88. The summed E-state index contributed by atoms with van der Waals surface area (Å²) < 4.78 is 18.6. The monoisotopic (exact) mass is 277 g/mol. The van der Waals surface area contributed by atoms with Gasteiger partial charge in [-0.2, -0.15) is 0 Å². The topological polar surface area (TPSA) is 41.3 Å². The van der Waals surface area contributed by atoms with E-state index >= 15 is 0 Å². The van der Waals surface area contributed by atoms with Crippen LogP contribution in [0.5, 0.6) is 0 Å². The van der Waals surface area contributed by atoms with Crippen molar-refractivity contribution < 1.29 is 8.91 Å². The van der Waals surface area contributed by atoms with E-state index in [0.29, 0.717) is 13.1 Å². The van der Waals surface area contributed by atoms with Gasteiger partial charge in [0, 0.05) is 24.8 Å². The van der Waals surface area contributed by atoms with E-state index in [9.17, 15) is 4.39 Å². The molecule has 2 aromatic rings. The highest BCUT2D eigenvalue weighted by Gasteiger charge is 2.10. The second-order valence-corrected chi connectivity index (χ2v) is 4.56. The summed E-state index contributed by atoms with van der Waals surface area (Å²) in [5.74, 6) is 0.551. The van der Waals surface area contributed by atoms with E-state index in [2.05, 4.69) is 10.5 Å². The zero-order valence-corrected chi connectivity index (χ0v) is 11.9. The quantitative estimate of drug-likeness (QED) is 0.845. The van der Waals surface area contributed by atoms with E-state index in [1.165, 1.54) is 12.1 Å². The van der Waals surface area contributed by atoms with Crippen molar-refractivity contribution in [2.24, 2.45) is 0 Å². The van der Waals surface area contributed by atoms with Gasteiger partial charge in [-0.25, -0.2) is 4.39 Å². The van der Waals surface area contributed by atoms with Gasteiger partial charge in [-0.15, -0.1) is 0 Å². The van der Waals surface area contributed by atoms with E-state index in [1.54, 1.807) is 6.07 Å². The van der Waals surface area contributed by atoms with E-state index in [4.69, 9.17) is 4.52 Å². The largest absolute Gasteiger partial charge is 0.364 e. The Balaban J connectivity index is 2.04. The van der Waals surface area contributed by atoms with Crippen LogP contribution in [0.15, 0.2) is 34.9 Å². The van der Waals surface area contributed by atoms with E-state index in [0.717, 1.165) is 30.2 Å². The molecule has 0 saturated heterocycles. The molecule has 0 radical (unpaired) electrons. The van der Waals surface area contributed by atoms with Crippen molar-refractivity contribution in [1.82, 2.24) is 10.5 Å². The van der Waals surface area contributed by atoms with Crippen molar-refractivity contribution in [3.8, 4) is 0 Å². The minimum absolute atomic E-state index is 0.230. The highest BCUT2D eigenvalue weighted by molar-refractivity contribution is 5.46. The number of anilines is 1. The number of halogens is 1. The van der Waals surface area contributed by atoms with Gasteiger partial charge < -0.3 is 14.7 Å². The molecule has 0 atom stereocenters. The second kappa shape index (κ2) is 7.05. The summed E-state index contributed by atoms with van der Waals surface area (Å²) in [6.45, 7) is 7.02. The third kappa shape index (κ3) is 3.81. The van der Waals surface area contributed by atoms with Crippen LogP contribution in [0.2, 0.25) is 0 Å². The van der Waals surface area contributed by atoms with Crippen LogP contribution in [-0.2, 0) is 13.1 Å². The van der Waals surface area contributed by atoms with Crippen molar-refractivity contribution in [3.63, 3.8) is 0 Å². The van der Waals surface area contributed by atoms with Gasteiger partial charge in [0.2, 0.25) is 0 Å². The van der Waals surface area contributed by atoms with Crippen LogP contribution >= 0.6 is 0 Å². The smallest absolute Gasteiger partial charge is 0.156 e. The summed E-state index contributed by atoms with van der Waals surface area (Å²) in [6.07, 6.45) is 0. The number of nitrogens with one attached hydrogen (secondary N) is 1. The molecule has 1 aromatic carbocycles. The summed E-state index contributed by atoms with van der Waals surface area (Å²) >= 11 is 0. The van der Waals surface area contributed by atoms with Crippen molar-refractivity contribution in [2.75, 3.05) is 18.0 Å². The molecule has 0 aliphatic heterocycles. The maximum atomic E-state index is 13.3. The van der Waals surface area contributed by atoms with Crippen LogP contribution in [0.4, 0.5) is 10.1 Å². The summed E-state index contributed by atoms with van der Waals surface area (Å²) in [7, 11) is 0. The number of benzene rings is 1. The SMILES string of the molecule is CCNCc1cc(CN(CC)c2cccc(F)c2)on1. The van der Waals surface area contributed by atoms with Gasteiger partial charge in [-0.3, -0.25) is 0 Å². The number of nitrogens with zero attached hydrogens (tertiary/aromatic N) is 2. The van der Waals surface area contributed by atoms with Gasteiger partial charge in [0.25, 0.3) is 0 Å². The van der Waals surface area contributed by atoms with Gasteiger partial charge in [0.1, 0.15) is 5.82 Å². The molecule has 5 heteroatoms. The van der Waals surface area contributed by atoms with Crippen molar-refractivity contribution in [2.45, 2.75) is 26.9 Å².